The number of aromatic amines is 1. The van der Waals surface area contributed by atoms with Gasteiger partial charge in [0.2, 0.25) is 0 Å². The summed E-state index contributed by atoms with van der Waals surface area (Å²) in [5.74, 6) is -1.12. The molecule has 0 spiro atoms. The number of carbonyl (C=O) groups excluding carboxylic acids is 1. The van der Waals surface area contributed by atoms with Crippen molar-refractivity contribution in [1.82, 2.24) is 9.97 Å². The van der Waals surface area contributed by atoms with Gasteiger partial charge in [-0.2, -0.15) is 0 Å². The first-order valence-corrected chi connectivity index (χ1v) is 10.4. The third kappa shape index (κ3) is 3.37. The van der Waals surface area contributed by atoms with Gasteiger partial charge in [0.25, 0.3) is 10.0 Å². The number of ether oxygens (including phenoxy) is 1. The predicted octanol–water partition coefficient (Wildman–Crippen LogP) is 2.71. The summed E-state index contributed by atoms with van der Waals surface area (Å²) in [5, 5.41) is 0.145. The van der Waals surface area contributed by atoms with E-state index in [1.807, 2.05) is 0 Å². The molecule has 2 aromatic heterocycles. The van der Waals surface area contributed by atoms with Gasteiger partial charge in [-0.15, -0.1) is 0 Å². The molecule has 11 heteroatoms. The second-order valence-electron chi connectivity index (χ2n) is 5.70. The molecule has 0 radical (unpaired) electrons. The molecule has 2 aromatic carbocycles. The molecule has 0 saturated carbocycles. The summed E-state index contributed by atoms with van der Waals surface area (Å²) >= 11 is 1.09. The number of H-pyrrole nitrogens is 1. The molecular formula is C17H13N3O6S2. The van der Waals surface area contributed by atoms with Crippen molar-refractivity contribution >= 4 is 53.8 Å². The van der Waals surface area contributed by atoms with Crippen molar-refractivity contribution in [2.24, 2.45) is 0 Å². The van der Waals surface area contributed by atoms with Gasteiger partial charge in [-0.1, -0.05) is 11.3 Å². The minimum absolute atomic E-state index is 0.0748. The molecule has 28 heavy (non-hydrogen) atoms. The van der Waals surface area contributed by atoms with E-state index in [2.05, 4.69) is 14.7 Å². The highest BCUT2D eigenvalue weighted by Gasteiger charge is 2.19. The van der Waals surface area contributed by atoms with Crippen LogP contribution in [0.3, 0.4) is 0 Å². The van der Waals surface area contributed by atoms with E-state index in [9.17, 15) is 18.0 Å². The zero-order valence-electron chi connectivity index (χ0n) is 14.4. The van der Waals surface area contributed by atoms with Crippen LogP contribution >= 0.6 is 11.3 Å². The molecule has 0 bridgehead atoms. The minimum atomic E-state index is -3.95. The van der Waals surface area contributed by atoms with Crippen LogP contribution in [0.25, 0.3) is 21.3 Å². The molecule has 0 fully saturated rings. The Morgan fingerprint density at radius 3 is 2.89 bits per heavy atom. The molecular weight excluding hydrogens is 406 g/mol. The Kier molecular flexibility index (Phi) is 4.40. The Bertz CT molecular complexity index is 1370. The maximum Gasteiger partial charge on any atom is 0.417 e. The van der Waals surface area contributed by atoms with Crippen LogP contribution < -0.4 is 10.5 Å². The fraction of sp³-hybridized carbons (Fsp3) is 0.118. The van der Waals surface area contributed by atoms with Gasteiger partial charge in [0.15, 0.2) is 10.7 Å². The molecule has 0 unspecified atom stereocenters. The van der Waals surface area contributed by atoms with E-state index in [1.165, 1.54) is 18.2 Å². The minimum Gasteiger partial charge on any atom is -0.462 e. The Morgan fingerprint density at radius 2 is 2.11 bits per heavy atom. The number of oxazole rings is 1. The van der Waals surface area contributed by atoms with Crippen LogP contribution in [0.15, 0.2) is 50.5 Å². The summed E-state index contributed by atoms with van der Waals surface area (Å²) in [6.45, 7) is 1.97. The monoisotopic (exact) mass is 419 g/mol. The van der Waals surface area contributed by atoms with Crippen molar-refractivity contribution in [1.29, 1.82) is 0 Å². The molecule has 2 N–H and O–H groups in total. The lowest BCUT2D eigenvalue weighted by atomic mass is 10.2. The lowest BCUT2D eigenvalue weighted by Gasteiger charge is -2.04. The largest absolute Gasteiger partial charge is 0.462 e. The summed E-state index contributed by atoms with van der Waals surface area (Å²) in [4.78, 5) is 29.7. The molecule has 9 nitrogen and oxygen atoms in total. The normalized spacial score (nSPS) is 11.8. The lowest BCUT2D eigenvalue weighted by Crippen LogP contribution is -2.12. The number of nitrogens with zero attached hydrogens (tertiary/aromatic N) is 1. The third-order valence-corrected chi connectivity index (χ3v) is 6.22. The van der Waals surface area contributed by atoms with Crippen molar-refractivity contribution < 1.29 is 22.4 Å². The van der Waals surface area contributed by atoms with Crippen molar-refractivity contribution in [2.75, 3.05) is 11.3 Å². The van der Waals surface area contributed by atoms with Crippen LogP contribution in [0.4, 0.5) is 5.13 Å². The first-order valence-electron chi connectivity index (χ1n) is 8.09. The SMILES string of the molecule is CCOC(=O)c1ccc2nc(NS(=O)(=O)c3ccc4[nH]c(=O)oc4c3)sc2c1. The number of esters is 1. The zero-order chi connectivity index (χ0) is 19.9. The number of rotatable bonds is 5. The van der Waals surface area contributed by atoms with Gasteiger partial charge in [-0.05, 0) is 37.3 Å². The van der Waals surface area contributed by atoms with E-state index >= 15 is 0 Å². The molecule has 2 heterocycles. The van der Waals surface area contributed by atoms with Crippen LogP contribution in [0.5, 0.6) is 0 Å². The fourth-order valence-electron chi connectivity index (χ4n) is 2.58. The van der Waals surface area contributed by atoms with Gasteiger partial charge < -0.3 is 9.15 Å². The second-order valence-corrected chi connectivity index (χ2v) is 8.41. The average Bonchev–Trinajstić information content (AvgIpc) is 3.21. The summed E-state index contributed by atoms with van der Waals surface area (Å²) in [5.41, 5.74) is 1.44. The van der Waals surface area contributed by atoms with Crippen molar-refractivity contribution in [2.45, 2.75) is 11.8 Å². The van der Waals surface area contributed by atoms with Gasteiger partial charge >= 0.3 is 11.7 Å². The van der Waals surface area contributed by atoms with E-state index in [0.29, 0.717) is 21.3 Å². The van der Waals surface area contributed by atoms with Gasteiger partial charge in [0.05, 0.1) is 32.8 Å². The van der Waals surface area contributed by atoms with Gasteiger partial charge in [-0.25, -0.2) is 23.0 Å². The number of benzene rings is 2. The number of carbonyl (C=O) groups is 1. The summed E-state index contributed by atoms with van der Waals surface area (Å²) in [7, 11) is -3.95. The van der Waals surface area contributed by atoms with E-state index < -0.39 is 21.7 Å². The fourth-order valence-corrected chi connectivity index (χ4v) is 4.73. The average molecular weight is 419 g/mol. The van der Waals surface area contributed by atoms with E-state index in [1.54, 1.807) is 25.1 Å². The quantitative estimate of drug-likeness (QED) is 0.475. The molecule has 0 atom stereocenters. The first kappa shape index (κ1) is 18.2. The second kappa shape index (κ2) is 6.77. The highest BCUT2D eigenvalue weighted by Crippen LogP contribution is 2.29. The number of fused-ring (bicyclic) bond motifs is 2. The van der Waals surface area contributed by atoms with Gasteiger partial charge in [0.1, 0.15) is 0 Å². The number of aromatic nitrogens is 2. The highest BCUT2D eigenvalue weighted by molar-refractivity contribution is 7.93. The summed E-state index contributed by atoms with van der Waals surface area (Å²) < 4.78 is 38.2. The van der Waals surface area contributed by atoms with E-state index in [0.717, 1.165) is 11.3 Å². The lowest BCUT2D eigenvalue weighted by molar-refractivity contribution is 0.0526. The number of anilines is 1. The van der Waals surface area contributed by atoms with Crippen LogP contribution in [-0.2, 0) is 14.8 Å². The Morgan fingerprint density at radius 1 is 1.29 bits per heavy atom. The molecule has 144 valence electrons. The van der Waals surface area contributed by atoms with Gasteiger partial charge in [-0.3, -0.25) is 9.71 Å². The van der Waals surface area contributed by atoms with Gasteiger partial charge in [0, 0.05) is 6.07 Å². The molecule has 0 aliphatic carbocycles. The predicted molar refractivity (Wildman–Crippen MR) is 103 cm³/mol. The highest BCUT2D eigenvalue weighted by atomic mass is 32.2. The van der Waals surface area contributed by atoms with Crippen molar-refractivity contribution in [3.63, 3.8) is 0 Å². The van der Waals surface area contributed by atoms with Crippen LogP contribution in [-0.4, -0.2) is 31.0 Å². The smallest absolute Gasteiger partial charge is 0.417 e. The van der Waals surface area contributed by atoms with Crippen molar-refractivity contribution in [3.05, 3.63) is 52.5 Å². The van der Waals surface area contributed by atoms with Crippen molar-refractivity contribution in [3.8, 4) is 0 Å². The topological polar surface area (TPSA) is 131 Å². The molecule has 0 aliphatic rings. The number of sulfonamides is 1. The maximum absolute atomic E-state index is 12.6. The molecule has 0 amide bonds. The number of nitrogens with one attached hydrogen (secondary N) is 2. The number of hydrogen-bond donors (Lipinski definition) is 2. The van der Waals surface area contributed by atoms with Crippen LogP contribution in [0, 0.1) is 0 Å². The molecule has 4 aromatic rings. The van der Waals surface area contributed by atoms with Crippen LogP contribution in [0.2, 0.25) is 0 Å². The first-order chi connectivity index (χ1) is 13.4. The summed E-state index contributed by atoms with van der Waals surface area (Å²) in [6.07, 6.45) is 0. The Hall–Kier alpha value is -3.18. The van der Waals surface area contributed by atoms with E-state index in [-0.39, 0.29) is 22.2 Å². The number of hydrogen-bond acceptors (Lipinski definition) is 8. The third-order valence-electron chi connectivity index (χ3n) is 3.82. The molecule has 0 aliphatic heterocycles. The standard InChI is InChI=1S/C17H13N3O6S2/c1-2-25-15(21)9-3-5-12-14(7-9)27-16(18-12)20-28(23,24)10-4-6-11-13(8-10)26-17(22)19-11/h3-8H,2H2,1H3,(H,18,20)(H,19,22). The molecule has 0 saturated heterocycles. The van der Waals surface area contributed by atoms with Crippen LogP contribution in [0.1, 0.15) is 17.3 Å². The Balaban J connectivity index is 1.65. The Labute approximate surface area is 162 Å². The zero-order valence-corrected chi connectivity index (χ0v) is 16.0. The summed E-state index contributed by atoms with van der Waals surface area (Å²) in [6, 6.07) is 8.84. The number of thiazole rings is 1. The molecule has 4 rings (SSSR count). The maximum atomic E-state index is 12.6. The van der Waals surface area contributed by atoms with E-state index in [4.69, 9.17) is 9.15 Å².